The molecule has 134 valence electrons. The number of unbranched alkanes of at least 4 members (excludes halogenated alkanes) is 1. The van der Waals surface area contributed by atoms with Crippen LogP contribution in [0.3, 0.4) is 0 Å². The first-order chi connectivity index (χ1) is 10.5. The highest BCUT2D eigenvalue weighted by molar-refractivity contribution is 6.82. The van der Waals surface area contributed by atoms with Gasteiger partial charge in [-0.3, -0.25) is 4.79 Å². The van der Waals surface area contributed by atoms with Crippen LogP contribution in [0.1, 0.15) is 60.8 Å². The van der Waals surface area contributed by atoms with Gasteiger partial charge in [0.1, 0.15) is 5.70 Å². The molecule has 0 aromatic carbocycles. The molecule has 0 saturated heterocycles. The Morgan fingerprint density at radius 3 is 2.22 bits per heavy atom. The predicted octanol–water partition coefficient (Wildman–Crippen LogP) is 4.64. The molecule has 0 bridgehead atoms. The van der Waals surface area contributed by atoms with Crippen LogP contribution in [0.5, 0.6) is 0 Å². The van der Waals surface area contributed by atoms with Crippen molar-refractivity contribution < 1.29 is 14.3 Å². The van der Waals surface area contributed by atoms with Gasteiger partial charge in [-0.25, -0.2) is 4.79 Å². The van der Waals surface area contributed by atoms with Crippen molar-refractivity contribution in [2.45, 2.75) is 84.5 Å². The molecule has 1 N–H and O–H groups in total. The molecule has 23 heavy (non-hydrogen) atoms. The Hall–Kier alpha value is -1.10. The monoisotopic (exact) mass is 341 g/mol. The molecule has 5 heteroatoms. The molecule has 0 aromatic heterocycles. The predicted molar refractivity (Wildman–Crippen MR) is 99.0 cm³/mol. The number of esters is 1. The standard InChI is InChI=1S/C18H35NO3Si/c1-9-11-12-15(23(7,8)18(4,5)6)14(3)16(19-13-20)17(21)22-10-2/h13,15H,9-12H2,1-8H3,(H,19,20)/b16-14-. The highest BCUT2D eigenvalue weighted by Gasteiger charge is 2.43. The zero-order chi connectivity index (χ0) is 18.3. The fourth-order valence-corrected chi connectivity index (χ4v) is 6.02. The lowest BCUT2D eigenvalue weighted by Crippen LogP contribution is -2.43. The van der Waals surface area contributed by atoms with E-state index in [1.54, 1.807) is 6.92 Å². The maximum atomic E-state index is 12.2. The van der Waals surface area contributed by atoms with Crippen molar-refractivity contribution >= 4 is 20.5 Å². The quantitative estimate of drug-likeness (QED) is 0.288. The SMILES string of the molecule is CCCCC(/C(C)=C(\NC=O)C(=O)OCC)[Si](C)(C)C(C)(C)C. The zero-order valence-electron chi connectivity index (χ0n) is 16.2. The lowest BCUT2D eigenvalue weighted by Gasteiger charge is -2.44. The van der Waals surface area contributed by atoms with Crippen LogP contribution >= 0.6 is 0 Å². The smallest absolute Gasteiger partial charge is 0.354 e. The molecule has 0 aliphatic heterocycles. The van der Waals surface area contributed by atoms with Gasteiger partial charge in [-0.2, -0.15) is 0 Å². The summed E-state index contributed by atoms with van der Waals surface area (Å²) in [6.07, 6.45) is 3.85. The van der Waals surface area contributed by atoms with Gasteiger partial charge in [-0.1, -0.05) is 53.6 Å². The van der Waals surface area contributed by atoms with Crippen molar-refractivity contribution in [2.75, 3.05) is 6.61 Å². The van der Waals surface area contributed by atoms with Crippen LogP contribution in [0, 0.1) is 0 Å². The second-order valence-electron chi connectivity index (χ2n) is 7.71. The van der Waals surface area contributed by atoms with Gasteiger partial charge in [0.2, 0.25) is 6.41 Å². The number of ether oxygens (including phenoxy) is 1. The molecule has 0 aliphatic rings. The van der Waals surface area contributed by atoms with Crippen LogP contribution in [0.4, 0.5) is 0 Å². The molecule has 1 atom stereocenters. The van der Waals surface area contributed by atoms with Crippen LogP contribution < -0.4 is 5.32 Å². The summed E-state index contributed by atoms with van der Waals surface area (Å²) in [4.78, 5) is 23.2. The maximum absolute atomic E-state index is 12.2. The van der Waals surface area contributed by atoms with E-state index in [1.807, 2.05) is 6.92 Å². The molecule has 0 fully saturated rings. The molecule has 4 nitrogen and oxygen atoms in total. The number of rotatable bonds is 9. The third-order valence-corrected chi connectivity index (χ3v) is 11.6. The lowest BCUT2D eigenvalue weighted by atomic mass is 10.1. The van der Waals surface area contributed by atoms with Gasteiger partial charge in [-0.05, 0) is 36.4 Å². The second kappa shape index (κ2) is 9.26. The summed E-state index contributed by atoms with van der Waals surface area (Å²) >= 11 is 0. The van der Waals surface area contributed by atoms with E-state index in [4.69, 9.17) is 4.74 Å². The minimum Gasteiger partial charge on any atom is -0.461 e. The first-order valence-corrected chi connectivity index (χ1v) is 11.7. The summed E-state index contributed by atoms with van der Waals surface area (Å²) in [5.41, 5.74) is 1.62. The average Bonchev–Trinajstić information content (AvgIpc) is 2.43. The number of hydrogen-bond donors (Lipinski definition) is 1. The van der Waals surface area contributed by atoms with Gasteiger partial charge in [-0.15, -0.1) is 0 Å². The van der Waals surface area contributed by atoms with Crippen molar-refractivity contribution in [2.24, 2.45) is 0 Å². The van der Waals surface area contributed by atoms with E-state index in [0.29, 0.717) is 24.3 Å². The van der Waals surface area contributed by atoms with Crippen LogP contribution in [-0.2, 0) is 14.3 Å². The summed E-state index contributed by atoms with van der Waals surface area (Å²) in [7, 11) is -1.72. The molecule has 1 amide bonds. The van der Waals surface area contributed by atoms with Crippen LogP contribution in [0.2, 0.25) is 23.7 Å². The number of nitrogens with one attached hydrogen (secondary N) is 1. The Morgan fingerprint density at radius 1 is 1.26 bits per heavy atom. The molecule has 0 aromatic rings. The van der Waals surface area contributed by atoms with Gasteiger partial charge in [0.15, 0.2) is 0 Å². The number of allylic oxidation sites excluding steroid dienone is 1. The largest absolute Gasteiger partial charge is 0.461 e. The van der Waals surface area contributed by atoms with E-state index >= 15 is 0 Å². The summed E-state index contributed by atoms with van der Waals surface area (Å²) in [5, 5.41) is 2.80. The van der Waals surface area contributed by atoms with E-state index in [1.165, 1.54) is 0 Å². The normalized spacial score (nSPS) is 14.8. The van der Waals surface area contributed by atoms with Gasteiger partial charge in [0.25, 0.3) is 0 Å². The first kappa shape index (κ1) is 21.9. The lowest BCUT2D eigenvalue weighted by molar-refractivity contribution is -0.139. The van der Waals surface area contributed by atoms with Gasteiger partial charge in [0, 0.05) is 0 Å². The van der Waals surface area contributed by atoms with Crippen molar-refractivity contribution in [1.82, 2.24) is 5.32 Å². The van der Waals surface area contributed by atoms with Crippen molar-refractivity contribution in [1.29, 1.82) is 0 Å². The van der Waals surface area contributed by atoms with Crippen LogP contribution in [-0.4, -0.2) is 27.1 Å². The highest BCUT2D eigenvalue weighted by Crippen LogP contribution is 2.49. The molecule has 0 radical (unpaired) electrons. The fraction of sp³-hybridized carbons (Fsp3) is 0.778. The van der Waals surface area contributed by atoms with Gasteiger partial charge < -0.3 is 10.1 Å². The summed E-state index contributed by atoms with van der Waals surface area (Å²) in [5.74, 6) is -0.433. The van der Waals surface area contributed by atoms with Crippen LogP contribution in [0.15, 0.2) is 11.3 Å². The second-order valence-corrected chi connectivity index (χ2v) is 13.3. The molecule has 0 saturated carbocycles. The fourth-order valence-electron chi connectivity index (χ4n) is 2.82. The summed E-state index contributed by atoms with van der Waals surface area (Å²) < 4.78 is 5.13. The molecule has 0 aliphatic carbocycles. The number of hydrogen-bond acceptors (Lipinski definition) is 3. The first-order valence-electron chi connectivity index (χ1n) is 8.62. The van der Waals surface area contributed by atoms with E-state index in [9.17, 15) is 9.59 Å². The molecular formula is C18H35NO3Si. The summed E-state index contributed by atoms with van der Waals surface area (Å²) in [6.45, 7) is 17.8. The molecular weight excluding hydrogens is 306 g/mol. The minimum atomic E-state index is -1.72. The Kier molecular flexibility index (Phi) is 8.81. The van der Waals surface area contributed by atoms with Crippen molar-refractivity contribution in [3.63, 3.8) is 0 Å². The number of carbonyl (C=O) groups is 2. The van der Waals surface area contributed by atoms with E-state index < -0.39 is 14.0 Å². The molecule has 0 rings (SSSR count). The highest BCUT2D eigenvalue weighted by atomic mass is 28.3. The minimum absolute atomic E-state index is 0.202. The number of amides is 1. The van der Waals surface area contributed by atoms with Gasteiger partial charge in [0.05, 0.1) is 14.7 Å². The molecule has 0 heterocycles. The number of carbonyl (C=O) groups excluding carboxylic acids is 2. The Balaban J connectivity index is 5.95. The van der Waals surface area contributed by atoms with E-state index in [-0.39, 0.29) is 5.04 Å². The van der Waals surface area contributed by atoms with Crippen molar-refractivity contribution in [3.05, 3.63) is 11.3 Å². The Morgan fingerprint density at radius 2 is 1.83 bits per heavy atom. The Labute approximate surface area is 143 Å². The van der Waals surface area contributed by atoms with E-state index in [0.717, 1.165) is 24.8 Å². The van der Waals surface area contributed by atoms with Gasteiger partial charge >= 0.3 is 5.97 Å². The van der Waals surface area contributed by atoms with E-state index in [2.05, 4.69) is 46.1 Å². The van der Waals surface area contributed by atoms with Crippen molar-refractivity contribution in [3.8, 4) is 0 Å². The topological polar surface area (TPSA) is 55.4 Å². The maximum Gasteiger partial charge on any atom is 0.354 e. The van der Waals surface area contributed by atoms with Crippen LogP contribution in [0.25, 0.3) is 0 Å². The Bertz CT molecular complexity index is 436. The molecule has 1 unspecified atom stereocenters. The third-order valence-electron chi connectivity index (χ3n) is 5.25. The third kappa shape index (κ3) is 5.79. The summed E-state index contributed by atoms with van der Waals surface area (Å²) in [6, 6.07) is 0. The zero-order valence-corrected chi connectivity index (χ0v) is 17.2. The molecule has 0 spiro atoms. The average molecular weight is 342 g/mol.